The zero-order valence-electron chi connectivity index (χ0n) is 13.5. The Morgan fingerprint density at radius 3 is 2.36 bits per heavy atom. The van der Waals surface area contributed by atoms with Crippen molar-refractivity contribution in [3.8, 4) is 0 Å². The Morgan fingerprint density at radius 2 is 1.68 bits per heavy atom. The summed E-state index contributed by atoms with van der Waals surface area (Å²) >= 11 is 0. The first-order valence-corrected chi connectivity index (χ1v) is 7.45. The average Bonchev–Trinajstić information content (AvgIpc) is 2.50. The number of benzene rings is 2. The van der Waals surface area contributed by atoms with Crippen molar-refractivity contribution in [1.82, 2.24) is 4.98 Å². The van der Waals surface area contributed by atoms with Crippen LogP contribution in [0.2, 0.25) is 0 Å². The molecule has 0 aliphatic rings. The molecule has 0 saturated heterocycles. The van der Waals surface area contributed by atoms with Gasteiger partial charge in [0.15, 0.2) is 0 Å². The third kappa shape index (κ3) is 2.75. The molecular formula is C19H21N3. The summed E-state index contributed by atoms with van der Waals surface area (Å²) in [5.74, 6) is 0. The van der Waals surface area contributed by atoms with E-state index in [0.29, 0.717) is 0 Å². The molecule has 0 bridgehead atoms. The maximum atomic E-state index is 4.54. The van der Waals surface area contributed by atoms with Crippen molar-refractivity contribution < 1.29 is 0 Å². The summed E-state index contributed by atoms with van der Waals surface area (Å²) in [5, 5.41) is 4.65. The minimum Gasteiger partial charge on any atom is -0.378 e. The maximum Gasteiger partial charge on any atom is 0.0753 e. The molecular weight excluding hydrogens is 270 g/mol. The summed E-state index contributed by atoms with van der Waals surface area (Å²) in [6, 6.07) is 14.8. The topological polar surface area (TPSA) is 28.2 Å². The molecule has 3 heteroatoms. The van der Waals surface area contributed by atoms with Crippen molar-refractivity contribution in [3.05, 3.63) is 59.8 Å². The smallest absolute Gasteiger partial charge is 0.0753 e. The van der Waals surface area contributed by atoms with Gasteiger partial charge in [-0.3, -0.25) is 4.98 Å². The fraction of sp³-hybridized carbons (Fsp3) is 0.211. The first-order valence-electron chi connectivity index (χ1n) is 7.45. The second-order valence-corrected chi connectivity index (χ2v) is 5.90. The summed E-state index contributed by atoms with van der Waals surface area (Å²) < 4.78 is 0. The average molecular weight is 291 g/mol. The molecule has 112 valence electrons. The van der Waals surface area contributed by atoms with E-state index in [1.165, 1.54) is 16.8 Å². The summed E-state index contributed by atoms with van der Waals surface area (Å²) in [7, 11) is 4.12. The summed E-state index contributed by atoms with van der Waals surface area (Å²) in [4.78, 5) is 6.66. The van der Waals surface area contributed by atoms with Gasteiger partial charge in [0, 0.05) is 42.7 Å². The van der Waals surface area contributed by atoms with E-state index >= 15 is 0 Å². The number of nitrogens with one attached hydrogen (secondary N) is 1. The summed E-state index contributed by atoms with van der Waals surface area (Å²) in [5.41, 5.74) is 6.85. The lowest BCUT2D eigenvalue weighted by Crippen LogP contribution is -2.09. The third-order valence-corrected chi connectivity index (χ3v) is 3.87. The molecule has 0 radical (unpaired) electrons. The Balaban J connectivity index is 2.10. The van der Waals surface area contributed by atoms with Gasteiger partial charge in [0.1, 0.15) is 0 Å². The predicted molar refractivity (Wildman–Crippen MR) is 95.3 cm³/mol. The van der Waals surface area contributed by atoms with Gasteiger partial charge in [-0.2, -0.15) is 0 Å². The molecule has 0 unspecified atom stereocenters. The lowest BCUT2D eigenvalue weighted by atomic mass is 10.1. The Kier molecular flexibility index (Phi) is 3.72. The maximum absolute atomic E-state index is 4.54. The van der Waals surface area contributed by atoms with Crippen molar-refractivity contribution in [2.45, 2.75) is 13.8 Å². The molecule has 3 nitrogen and oxygen atoms in total. The second-order valence-electron chi connectivity index (χ2n) is 5.90. The van der Waals surface area contributed by atoms with Crippen molar-refractivity contribution in [1.29, 1.82) is 0 Å². The normalized spacial score (nSPS) is 10.7. The van der Waals surface area contributed by atoms with Crippen LogP contribution in [0.4, 0.5) is 17.1 Å². The van der Waals surface area contributed by atoms with Crippen LogP contribution in [-0.2, 0) is 0 Å². The minimum atomic E-state index is 1.04. The Hall–Kier alpha value is -2.55. The van der Waals surface area contributed by atoms with Crippen molar-refractivity contribution >= 4 is 28.0 Å². The number of hydrogen-bond acceptors (Lipinski definition) is 3. The van der Waals surface area contributed by atoms with Gasteiger partial charge in [-0.25, -0.2) is 0 Å². The van der Waals surface area contributed by atoms with Gasteiger partial charge in [-0.15, -0.1) is 0 Å². The number of aryl methyl sites for hydroxylation is 2. The monoisotopic (exact) mass is 291 g/mol. The largest absolute Gasteiger partial charge is 0.378 e. The van der Waals surface area contributed by atoms with Crippen molar-refractivity contribution in [2.24, 2.45) is 0 Å². The van der Waals surface area contributed by atoms with Gasteiger partial charge in [-0.1, -0.05) is 17.7 Å². The molecule has 1 N–H and O–H groups in total. The molecule has 1 aromatic heterocycles. The highest BCUT2D eigenvalue weighted by Gasteiger charge is 2.08. The molecule has 1 heterocycles. The van der Waals surface area contributed by atoms with Gasteiger partial charge in [0.05, 0.1) is 5.52 Å². The molecule has 0 amide bonds. The van der Waals surface area contributed by atoms with Crippen molar-refractivity contribution in [3.63, 3.8) is 0 Å². The summed E-state index contributed by atoms with van der Waals surface area (Å²) in [6.07, 6.45) is 1.86. The molecule has 0 aliphatic carbocycles. The van der Waals surface area contributed by atoms with Crippen LogP contribution < -0.4 is 10.2 Å². The van der Waals surface area contributed by atoms with Crippen LogP contribution in [-0.4, -0.2) is 19.1 Å². The van der Waals surface area contributed by atoms with E-state index in [1.54, 1.807) is 0 Å². The predicted octanol–water partition coefficient (Wildman–Crippen LogP) is 4.66. The number of fused-ring (bicyclic) bond motifs is 1. The number of hydrogen-bond donors (Lipinski definition) is 1. The molecule has 3 rings (SSSR count). The first-order chi connectivity index (χ1) is 10.5. The standard InChI is InChI=1S/C19H21N3/c1-13-5-7-15(8-6-13)21-18-9-10-20-19-14(2)11-16(22(3)4)12-17(18)19/h5-12H,1-4H3,(H,20,21). The molecule has 0 fully saturated rings. The van der Waals surface area contributed by atoms with Crippen LogP contribution in [0.5, 0.6) is 0 Å². The molecule has 0 aliphatic heterocycles. The fourth-order valence-corrected chi connectivity index (χ4v) is 2.57. The highest BCUT2D eigenvalue weighted by atomic mass is 15.1. The number of aromatic nitrogens is 1. The van der Waals surface area contributed by atoms with Gasteiger partial charge in [0.2, 0.25) is 0 Å². The van der Waals surface area contributed by atoms with E-state index in [2.05, 4.69) is 79.5 Å². The number of anilines is 3. The van der Waals surface area contributed by atoms with Crippen LogP contribution in [0.1, 0.15) is 11.1 Å². The van der Waals surface area contributed by atoms with Crippen LogP contribution in [0.3, 0.4) is 0 Å². The Bertz CT molecular complexity index is 805. The molecule has 0 atom stereocenters. The molecule has 0 spiro atoms. The van der Waals surface area contributed by atoms with Crippen LogP contribution in [0, 0.1) is 13.8 Å². The van der Waals surface area contributed by atoms with Crippen molar-refractivity contribution in [2.75, 3.05) is 24.3 Å². The van der Waals surface area contributed by atoms with E-state index < -0.39 is 0 Å². The first kappa shape index (κ1) is 14.4. The SMILES string of the molecule is Cc1ccc(Nc2ccnc3c(C)cc(N(C)C)cc23)cc1. The number of pyridine rings is 1. The van der Waals surface area contributed by atoms with E-state index in [-0.39, 0.29) is 0 Å². The third-order valence-electron chi connectivity index (χ3n) is 3.87. The van der Waals surface area contributed by atoms with Gasteiger partial charge >= 0.3 is 0 Å². The van der Waals surface area contributed by atoms with Crippen LogP contribution in [0.15, 0.2) is 48.7 Å². The Labute approximate surface area is 131 Å². The highest BCUT2D eigenvalue weighted by Crippen LogP contribution is 2.30. The highest BCUT2D eigenvalue weighted by molar-refractivity contribution is 5.96. The second kappa shape index (κ2) is 5.68. The minimum absolute atomic E-state index is 1.04. The fourth-order valence-electron chi connectivity index (χ4n) is 2.57. The van der Waals surface area contributed by atoms with E-state index in [9.17, 15) is 0 Å². The van der Waals surface area contributed by atoms with Crippen LogP contribution >= 0.6 is 0 Å². The van der Waals surface area contributed by atoms with E-state index in [0.717, 1.165) is 22.3 Å². The van der Waals surface area contributed by atoms with Gasteiger partial charge < -0.3 is 10.2 Å². The molecule has 22 heavy (non-hydrogen) atoms. The quantitative estimate of drug-likeness (QED) is 0.760. The van der Waals surface area contributed by atoms with Crippen LogP contribution in [0.25, 0.3) is 10.9 Å². The van der Waals surface area contributed by atoms with Gasteiger partial charge in [0.25, 0.3) is 0 Å². The molecule has 3 aromatic rings. The Morgan fingerprint density at radius 1 is 0.955 bits per heavy atom. The number of rotatable bonds is 3. The summed E-state index contributed by atoms with van der Waals surface area (Å²) in [6.45, 7) is 4.20. The molecule has 2 aromatic carbocycles. The van der Waals surface area contributed by atoms with E-state index in [1.807, 2.05) is 12.3 Å². The zero-order chi connectivity index (χ0) is 15.7. The van der Waals surface area contributed by atoms with Gasteiger partial charge in [-0.05, 0) is 49.7 Å². The lowest BCUT2D eigenvalue weighted by Gasteiger charge is -2.17. The number of nitrogens with zero attached hydrogens (tertiary/aromatic N) is 2. The zero-order valence-corrected chi connectivity index (χ0v) is 13.5. The van der Waals surface area contributed by atoms with E-state index in [4.69, 9.17) is 0 Å². The molecule has 0 saturated carbocycles. The lowest BCUT2D eigenvalue weighted by molar-refractivity contribution is 1.13.